The fourth-order valence-electron chi connectivity index (χ4n) is 3.43. The van der Waals surface area contributed by atoms with E-state index in [9.17, 15) is 4.79 Å². The number of thiophene rings is 1. The minimum Gasteiger partial charge on any atom is -0.494 e. The monoisotopic (exact) mass is 363 g/mol. The number of carbonyl (C=O) groups is 1. The van der Waals surface area contributed by atoms with Crippen molar-refractivity contribution in [2.45, 2.75) is 25.8 Å². The van der Waals surface area contributed by atoms with Gasteiger partial charge in [-0.3, -0.25) is 4.79 Å². The molecule has 0 spiro atoms. The molecule has 0 radical (unpaired) electrons. The predicted molar refractivity (Wildman–Crippen MR) is 106 cm³/mol. The Balaban J connectivity index is 1.47. The Morgan fingerprint density at radius 1 is 1.12 bits per heavy atom. The Kier molecular flexibility index (Phi) is 4.76. The van der Waals surface area contributed by atoms with Gasteiger partial charge in [-0.25, -0.2) is 0 Å². The first-order valence-electron chi connectivity index (χ1n) is 8.96. The molecule has 0 saturated carbocycles. The van der Waals surface area contributed by atoms with E-state index in [1.807, 2.05) is 49.4 Å². The van der Waals surface area contributed by atoms with Crippen LogP contribution in [-0.4, -0.2) is 12.5 Å². The number of amides is 1. The topological polar surface area (TPSA) is 38.3 Å². The summed E-state index contributed by atoms with van der Waals surface area (Å²) in [6, 6.07) is 20.4. The van der Waals surface area contributed by atoms with Crippen molar-refractivity contribution in [3.63, 3.8) is 0 Å². The molecule has 1 heterocycles. The van der Waals surface area contributed by atoms with Gasteiger partial charge in [0.05, 0.1) is 17.5 Å². The van der Waals surface area contributed by atoms with Crippen LogP contribution in [0.5, 0.6) is 5.75 Å². The summed E-state index contributed by atoms with van der Waals surface area (Å²) in [7, 11) is 0. The first-order valence-corrected chi connectivity index (χ1v) is 9.78. The van der Waals surface area contributed by atoms with Gasteiger partial charge in [-0.2, -0.15) is 0 Å². The van der Waals surface area contributed by atoms with Gasteiger partial charge in [0.2, 0.25) is 0 Å². The van der Waals surface area contributed by atoms with Crippen molar-refractivity contribution in [1.82, 2.24) is 5.32 Å². The van der Waals surface area contributed by atoms with Crippen LogP contribution in [0.2, 0.25) is 0 Å². The molecule has 1 N–H and O–H groups in total. The number of carbonyl (C=O) groups excluding carboxylic acids is 1. The second kappa shape index (κ2) is 7.34. The van der Waals surface area contributed by atoms with Crippen LogP contribution in [-0.2, 0) is 6.42 Å². The number of benzene rings is 2. The Bertz CT molecular complexity index is 914. The van der Waals surface area contributed by atoms with Crippen LogP contribution in [0.4, 0.5) is 0 Å². The Morgan fingerprint density at radius 3 is 2.73 bits per heavy atom. The Morgan fingerprint density at radius 2 is 1.92 bits per heavy atom. The average molecular weight is 363 g/mol. The molecule has 1 amide bonds. The first kappa shape index (κ1) is 16.9. The molecule has 0 saturated heterocycles. The van der Waals surface area contributed by atoms with Gasteiger partial charge >= 0.3 is 0 Å². The molecule has 26 heavy (non-hydrogen) atoms. The van der Waals surface area contributed by atoms with Crippen LogP contribution in [0.25, 0.3) is 10.4 Å². The molecule has 2 aromatic carbocycles. The Labute approximate surface area is 157 Å². The summed E-state index contributed by atoms with van der Waals surface area (Å²) in [5.41, 5.74) is 3.70. The van der Waals surface area contributed by atoms with Crippen LogP contribution in [0.1, 0.15) is 40.2 Å². The lowest BCUT2D eigenvalue weighted by Crippen LogP contribution is -2.26. The summed E-state index contributed by atoms with van der Waals surface area (Å²) in [6.45, 7) is 2.63. The van der Waals surface area contributed by atoms with E-state index in [1.54, 1.807) is 0 Å². The molecular formula is C22H21NO2S. The molecule has 4 rings (SSSR count). The SMILES string of the molecule is CCOc1ccc(-c2ccc(C(=O)N[C@H]3CCc4ccccc43)s2)cc1. The highest BCUT2D eigenvalue weighted by Gasteiger charge is 2.24. The molecule has 0 bridgehead atoms. The summed E-state index contributed by atoms with van der Waals surface area (Å²) < 4.78 is 5.48. The number of hydrogen-bond acceptors (Lipinski definition) is 3. The number of rotatable bonds is 5. The second-order valence-electron chi connectivity index (χ2n) is 6.38. The zero-order valence-electron chi connectivity index (χ0n) is 14.7. The van der Waals surface area contributed by atoms with E-state index in [1.165, 1.54) is 22.5 Å². The third-order valence-electron chi connectivity index (χ3n) is 4.72. The van der Waals surface area contributed by atoms with Gasteiger partial charge in [-0.1, -0.05) is 24.3 Å². The van der Waals surface area contributed by atoms with Gasteiger partial charge in [-0.05, 0) is 72.9 Å². The van der Waals surface area contributed by atoms with Crippen LogP contribution < -0.4 is 10.1 Å². The predicted octanol–water partition coefficient (Wildman–Crippen LogP) is 5.23. The smallest absolute Gasteiger partial charge is 0.261 e. The zero-order chi connectivity index (χ0) is 17.9. The molecular weight excluding hydrogens is 342 g/mol. The van der Waals surface area contributed by atoms with E-state index in [0.29, 0.717) is 6.61 Å². The van der Waals surface area contributed by atoms with Gasteiger partial charge in [0.15, 0.2) is 0 Å². The van der Waals surface area contributed by atoms with Crippen molar-refractivity contribution in [3.8, 4) is 16.2 Å². The third kappa shape index (κ3) is 3.37. The van der Waals surface area contributed by atoms with E-state index in [0.717, 1.165) is 33.9 Å². The summed E-state index contributed by atoms with van der Waals surface area (Å²) >= 11 is 1.53. The quantitative estimate of drug-likeness (QED) is 0.674. The van der Waals surface area contributed by atoms with Crippen LogP contribution in [0.3, 0.4) is 0 Å². The van der Waals surface area contributed by atoms with Crippen LogP contribution in [0, 0.1) is 0 Å². The van der Waals surface area contributed by atoms with Crippen LogP contribution >= 0.6 is 11.3 Å². The average Bonchev–Trinajstić information content (AvgIpc) is 3.31. The van der Waals surface area contributed by atoms with Gasteiger partial charge in [0.25, 0.3) is 5.91 Å². The van der Waals surface area contributed by atoms with Crippen LogP contribution in [0.15, 0.2) is 60.7 Å². The molecule has 1 aromatic heterocycles. The number of ether oxygens (including phenoxy) is 1. The minimum atomic E-state index is 0.00823. The lowest BCUT2D eigenvalue weighted by Gasteiger charge is -2.13. The summed E-state index contributed by atoms with van der Waals surface area (Å²) in [5.74, 6) is 0.875. The highest BCUT2D eigenvalue weighted by atomic mass is 32.1. The van der Waals surface area contributed by atoms with Crippen molar-refractivity contribution in [3.05, 3.63) is 76.7 Å². The molecule has 3 aromatic rings. The van der Waals surface area contributed by atoms with E-state index >= 15 is 0 Å². The first-order chi connectivity index (χ1) is 12.7. The minimum absolute atomic E-state index is 0.00823. The summed E-state index contributed by atoms with van der Waals surface area (Å²) in [6.07, 6.45) is 2.01. The number of aryl methyl sites for hydroxylation is 1. The molecule has 1 aliphatic carbocycles. The number of hydrogen-bond donors (Lipinski definition) is 1. The molecule has 3 nitrogen and oxygen atoms in total. The molecule has 1 atom stereocenters. The standard InChI is InChI=1S/C22H21NO2S/c1-2-25-17-10-7-16(8-11-17)20-13-14-21(26-20)22(24)23-19-12-9-15-5-3-4-6-18(15)19/h3-8,10-11,13-14,19H,2,9,12H2,1H3,(H,23,24)/t19-/m0/s1. The lowest BCUT2D eigenvalue weighted by atomic mass is 10.1. The number of fused-ring (bicyclic) bond motifs is 1. The van der Waals surface area contributed by atoms with E-state index in [-0.39, 0.29) is 11.9 Å². The summed E-state index contributed by atoms with van der Waals surface area (Å²) in [5, 5.41) is 3.19. The maximum Gasteiger partial charge on any atom is 0.261 e. The van der Waals surface area contributed by atoms with E-state index in [4.69, 9.17) is 4.74 Å². The lowest BCUT2D eigenvalue weighted by molar-refractivity contribution is 0.0941. The molecule has 0 aliphatic heterocycles. The maximum absolute atomic E-state index is 12.7. The maximum atomic E-state index is 12.7. The van der Waals surface area contributed by atoms with Crippen molar-refractivity contribution in [1.29, 1.82) is 0 Å². The van der Waals surface area contributed by atoms with E-state index < -0.39 is 0 Å². The molecule has 4 heteroatoms. The largest absolute Gasteiger partial charge is 0.494 e. The fourth-order valence-corrected chi connectivity index (χ4v) is 4.35. The second-order valence-corrected chi connectivity index (χ2v) is 7.47. The van der Waals surface area contributed by atoms with Crippen molar-refractivity contribution < 1.29 is 9.53 Å². The zero-order valence-corrected chi connectivity index (χ0v) is 15.5. The highest BCUT2D eigenvalue weighted by molar-refractivity contribution is 7.17. The highest BCUT2D eigenvalue weighted by Crippen LogP contribution is 2.33. The summed E-state index contributed by atoms with van der Waals surface area (Å²) in [4.78, 5) is 14.5. The molecule has 0 unspecified atom stereocenters. The van der Waals surface area contributed by atoms with E-state index in [2.05, 4.69) is 23.5 Å². The van der Waals surface area contributed by atoms with Crippen molar-refractivity contribution in [2.75, 3.05) is 6.61 Å². The van der Waals surface area contributed by atoms with Gasteiger partial charge in [-0.15, -0.1) is 11.3 Å². The number of nitrogens with one attached hydrogen (secondary N) is 1. The van der Waals surface area contributed by atoms with Crippen molar-refractivity contribution in [2.24, 2.45) is 0 Å². The normalized spacial score (nSPS) is 15.5. The van der Waals surface area contributed by atoms with Gasteiger partial charge in [0.1, 0.15) is 5.75 Å². The molecule has 0 fully saturated rings. The van der Waals surface area contributed by atoms with Gasteiger partial charge < -0.3 is 10.1 Å². The third-order valence-corrected chi connectivity index (χ3v) is 5.85. The molecule has 1 aliphatic rings. The Hall–Kier alpha value is -2.59. The van der Waals surface area contributed by atoms with Gasteiger partial charge in [0, 0.05) is 4.88 Å². The molecule has 132 valence electrons. The van der Waals surface area contributed by atoms with Crippen molar-refractivity contribution >= 4 is 17.2 Å². The fraction of sp³-hybridized carbons (Fsp3) is 0.227.